The van der Waals surface area contributed by atoms with E-state index in [1.165, 1.54) is 39.9 Å². The summed E-state index contributed by atoms with van der Waals surface area (Å²) in [5.74, 6) is 1.23. The van der Waals surface area contributed by atoms with Crippen molar-refractivity contribution in [2.45, 2.75) is 0 Å². The molecule has 1 N–H and O–H groups in total. The highest BCUT2D eigenvalue weighted by Crippen LogP contribution is 2.35. The van der Waals surface area contributed by atoms with Crippen molar-refractivity contribution in [2.24, 2.45) is 5.10 Å². The Balaban J connectivity index is 2.23. The van der Waals surface area contributed by atoms with Crippen molar-refractivity contribution in [3.8, 4) is 17.2 Å². The maximum absolute atomic E-state index is 11.7. The molecule has 0 saturated heterocycles. The molecule has 0 radical (unpaired) electrons. The van der Waals surface area contributed by atoms with Gasteiger partial charge >= 0.3 is 5.91 Å². The van der Waals surface area contributed by atoms with E-state index in [2.05, 4.69) is 10.5 Å². The molecule has 0 saturated carbocycles. The highest BCUT2D eigenvalue weighted by Gasteiger charge is 2.14. The zero-order valence-corrected chi connectivity index (χ0v) is 12.5. The predicted molar refractivity (Wildman–Crippen MR) is 79.9 cm³/mol. The third-order valence-corrected chi connectivity index (χ3v) is 2.87. The molecule has 2 rings (SSSR count). The number of hydrogen-bond donors (Lipinski definition) is 1. The number of nitrogens with zero attached hydrogens (tertiary/aromatic N) is 1. The van der Waals surface area contributed by atoms with Crippen LogP contribution in [-0.2, 0) is 0 Å². The number of carbonyl (C=O) groups excluding carboxylic acids is 1. The first-order valence-electron chi connectivity index (χ1n) is 6.37. The van der Waals surface area contributed by atoms with E-state index in [-0.39, 0.29) is 5.76 Å². The van der Waals surface area contributed by atoms with Crippen LogP contribution in [0.15, 0.2) is 40.0 Å². The minimum atomic E-state index is -0.456. The Kier molecular flexibility index (Phi) is 5.02. The molecule has 2 aromatic rings. The van der Waals surface area contributed by atoms with E-state index in [4.69, 9.17) is 18.6 Å². The van der Waals surface area contributed by atoms with Gasteiger partial charge in [0.25, 0.3) is 0 Å². The lowest BCUT2D eigenvalue weighted by molar-refractivity contribution is 0.0927. The van der Waals surface area contributed by atoms with E-state index in [0.29, 0.717) is 22.8 Å². The highest BCUT2D eigenvalue weighted by atomic mass is 16.5. The Morgan fingerprint density at radius 3 is 2.45 bits per heavy atom. The molecular formula is C15H16N2O5. The molecule has 0 aliphatic carbocycles. The number of carbonyl (C=O) groups is 1. The lowest BCUT2D eigenvalue weighted by Gasteiger charge is -2.13. The lowest BCUT2D eigenvalue weighted by Crippen LogP contribution is -2.16. The molecule has 1 aromatic carbocycles. The maximum Gasteiger partial charge on any atom is 0.307 e. The average molecular weight is 304 g/mol. The van der Waals surface area contributed by atoms with Crippen LogP contribution in [0.5, 0.6) is 17.2 Å². The molecule has 0 aliphatic heterocycles. The number of hydrazone groups is 1. The fourth-order valence-electron chi connectivity index (χ4n) is 1.85. The van der Waals surface area contributed by atoms with Crippen LogP contribution in [-0.4, -0.2) is 33.5 Å². The van der Waals surface area contributed by atoms with Gasteiger partial charge in [0.1, 0.15) is 5.75 Å². The van der Waals surface area contributed by atoms with Crippen molar-refractivity contribution in [1.29, 1.82) is 0 Å². The van der Waals surface area contributed by atoms with Crippen molar-refractivity contribution in [1.82, 2.24) is 5.43 Å². The fourth-order valence-corrected chi connectivity index (χ4v) is 1.85. The van der Waals surface area contributed by atoms with Crippen molar-refractivity contribution in [3.63, 3.8) is 0 Å². The van der Waals surface area contributed by atoms with Crippen LogP contribution in [0, 0.1) is 0 Å². The monoisotopic (exact) mass is 304 g/mol. The number of nitrogens with one attached hydrogen (secondary N) is 1. The van der Waals surface area contributed by atoms with E-state index in [9.17, 15) is 4.79 Å². The van der Waals surface area contributed by atoms with Gasteiger partial charge in [-0.25, -0.2) is 5.43 Å². The first kappa shape index (κ1) is 15.4. The van der Waals surface area contributed by atoms with E-state index in [1.54, 1.807) is 18.2 Å². The van der Waals surface area contributed by atoms with Gasteiger partial charge < -0.3 is 18.6 Å². The van der Waals surface area contributed by atoms with Crippen molar-refractivity contribution >= 4 is 12.1 Å². The van der Waals surface area contributed by atoms with Crippen molar-refractivity contribution in [3.05, 3.63) is 41.9 Å². The Morgan fingerprint density at radius 2 is 1.86 bits per heavy atom. The maximum atomic E-state index is 11.7. The second kappa shape index (κ2) is 7.16. The first-order valence-corrected chi connectivity index (χ1v) is 6.37. The van der Waals surface area contributed by atoms with Crippen LogP contribution < -0.4 is 19.6 Å². The Morgan fingerprint density at radius 1 is 1.14 bits per heavy atom. The van der Waals surface area contributed by atoms with Gasteiger partial charge in [0, 0.05) is 0 Å². The summed E-state index contributed by atoms with van der Waals surface area (Å²) in [4.78, 5) is 11.7. The Labute approximate surface area is 127 Å². The fraction of sp³-hybridized carbons (Fsp3) is 0.200. The summed E-state index contributed by atoms with van der Waals surface area (Å²) in [6.07, 6.45) is 2.83. The Hall–Kier alpha value is -2.96. The largest absolute Gasteiger partial charge is 0.496 e. The molecular weight excluding hydrogens is 288 g/mol. The quantitative estimate of drug-likeness (QED) is 0.652. The average Bonchev–Trinajstić information content (AvgIpc) is 3.08. The van der Waals surface area contributed by atoms with Crippen LogP contribution >= 0.6 is 0 Å². The second-order valence-electron chi connectivity index (χ2n) is 4.09. The molecule has 116 valence electrons. The molecule has 0 atom stereocenters. The minimum absolute atomic E-state index is 0.168. The highest BCUT2D eigenvalue weighted by molar-refractivity contribution is 5.93. The number of benzene rings is 1. The molecule has 22 heavy (non-hydrogen) atoms. The smallest absolute Gasteiger partial charge is 0.307 e. The van der Waals surface area contributed by atoms with E-state index >= 15 is 0 Å². The van der Waals surface area contributed by atoms with Gasteiger partial charge in [0.05, 0.1) is 39.4 Å². The van der Waals surface area contributed by atoms with Crippen LogP contribution in [0.25, 0.3) is 0 Å². The summed E-state index contributed by atoms with van der Waals surface area (Å²) >= 11 is 0. The zero-order chi connectivity index (χ0) is 15.9. The van der Waals surface area contributed by atoms with Crippen molar-refractivity contribution in [2.75, 3.05) is 21.3 Å². The van der Waals surface area contributed by atoms with Crippen LogP contribution in [0.2, 0.25) is 0 Å². The predicted octanol–water partition coefficient (Wildman–Crippen LogP) is 2.07. The summed E-state index contributed by atoms with van der Waals surface area (Å²) in [6, 6.07) is 6.60. The van der Waals surface area contributed by atoms with Gasteiger partial charge in [-0.15, -0.1) is 0 Å². The van der Waals surface area contributed by atoms with Crippen LogP contribution in [0.1, 0.15) is 16.1 Å². The second-order valence-corrected chi connectivity index (χ2v) is 4.09. The summed E-state index contributed by atoms with van der Waals surface area (Å²) in [7, 11) is 4.57. The molecule has 1 amide bonds. The topological polar surface area (TPSA) is 82.3 Å². The van der Waals surface area contributed by atoms with E-state index in [0.717, 1.165) is 0 Å². The van der Waals surface area contributed by atoms with E-state index in [1.807, 2.05) is 0 Å². The standard InChI is InChI=1S/C15H16N2O5/c1-19-11-6-7-12(20-2)14(21-3)10(11)9-16-17-15(18)13-5-4-8-22-13/h4-9H,1-3H3,(H,17,18)/b16-9-. The number of hydrogen-bond acceptors (Lipinski definition) is 6. The molecule has 0 bridgehead atoms. The summed E-state index contributed by atoms with van der Waals surface area (Å²) in [5, 5.41) is 3.89. The third kappa shape index (κ3) is 3.20. The first-order chi connectivity index (χ1) is 10.7. The zero-order valence-electron chi connectivity index (χ0n) is 12.5. The molecule has 0 spiro atoms. The van der Waals surface area contributed by atoms with Gasteiger partial charge in [0.2, 0.25) is 0 Å². The van der Waals surface area contributed by atoms with Crippen molar-refractivity contribution < 1.29 is 23.4 Å². The molecule has 0 unspecified atom stereocenters. The number of amides is 1. The summed E-state index contributed by atoms with van der Waals surface area (Å²) in [5.41, 5.74) is 2.90. The number of methoxy groups -OCH3 is 3. The molecule has 1 aromatic heterocycles. The van der Waals surface area contributed by atoms with Gasteiger partial charge in [-0.1, -0.05) is 0 Å². The molecule has 0 fully saturated rings. The van der Waals surface area contributed by atoms with Crippen LogP contribution in [0.3, 0.4) is 0 Å². The normalized spacial score (nSPS) is 10.5. The number of ether oxygens (including phenoxy) is 3. The number of rotatable bonds is 6. The molecule has 1 heterocycles. The minimum Gasteiger partial charge on any atom is -0.496 e. The summed E-state index contributed by atoms with van der Waals surface area (Å²) < 4.78 is 20.8. The molecule has 0 aliphatic rings. The molecule has 7 heteroatoms. The van der Waals surface area contributed by atoms with Gasteiger partial charge in [-0.3, -0.25) is 4.79 Å². The Bertz CT molecular complexity index is 665. The molecule has 7 nitrogen and oxygen atoms in total. The van der Waals surface area contributed by atoms with Gasteiger partial charge in [-0.2, -0.15) is 5.10 Å². The SMILES string of the molecule is COc1ccc(OC)c(OC)c1/C=N\NC(=O)c1ccco1. The van der Waals surface area contributed by atoms with Gasteiger partial charge in [-0.05, 0) is 24.3 Å². The number of furan rings is 1. The third-order valence-electron chi connectivity index (χ3n) is 2.87. The van der Waals surface area contributed by atoms with Crippen LogP contribution in [0.4, 0.5) is 0 Å². The van der Waals surface area contributed by atoms with E-state index < -0.39 is 5.91 Å². The van der Waals surface area contributed by atoms with Gasteiger partial charge in [0.15, 0.2) is 17.3 Å². The summed E-state index contributed by atoms with van der Waals surface area (Å²) in [6.45, 7) is 0. The lowest BCUT2D eigenvalue weighted by atomic mass is 10.1.